The normalized spacial score (nSPS) is 18.1. The minimum atomic E-state index is 0.495. The minimum Gasteiger partial charge on any atom is -0.368 e. The fourth-order valence-electron chi connectivity index (χ4n) is 4.57. The Balaban J connectivity index is 1.38. The second-order valence-electron chi connectivity index (χ2n) is 8.85. The molecule has 0 spiro atoms. The molecule has 2 aliphatic rings. The highest BCUT2D eigenvalue weighted by Crippen LogP contribution is 2.51. The zero-order chi connectivity index (χ0) is 22.9. The summed E-state index contributed by atoms with van der Waals surface area (Å²) in [4.78, 5) is 14.6. The lowest BCUT2D eigenvalue weighted by Gasteiger charge is -2.08. The van der Waals surface area contributed by atoms with E-state index in [4.69, 9.17) is 15.0 Å². The van der Waals surface area contributed by atoms with Crippen LogP contribution >= 0.6 is 0 Å². The first kappa shape index (κ1) is 20.4. The third-order valence-electron chi connectivity index (χ3n) is 6.49. The predicted molar refractivity (Wildman–Crippen MR) is 136 cm³/mol. The number of allylic oxidation sites excluding steroid dienone is 4. The van der Waals surface area contributed by atoms with Crippen molar-refractivity contribution in [2.45, 2.75) is 12.8 Å². The van der Waals surface area contributed by atoms with Crippen molar-refractivity contribution in [3.63, 3.8) is 0 Å². The van der Waals surface area contributed by atoms with Crippen LogP contribution in [0.2, 0.25) is 0 Å². The Kier molecular flexibility index (Phi) is 5.20. The molecule has 2 atom stereocenters. The van der Waals surface area contributed by atoms with Crippen LogP contribution in [-0.4, -0.2) is 26.1 Å². The van der Waals surface area contributed by atoms with E-state index in [2.05, 4.69) is 64.2 Å². The van der Waals surface area contributed by atoms with Crippen LogP contribution in [0.25, 0.3) is 16.7 Å². The summed E-state index contributed by atoms with van der Waals surface area (Å²) >= 11 is 0. The molecule has 0 bridgehead atoms. The van der Waals surface area contributed by atoms with Gasteiger partial charge in [0.1, 0.15) is 5.82 Å². The van der Waals surface area contributed by atoms with E-state index in [1.807, 2.05) is 43.4 Å². The lowest BCUT2D eigenvalue weighted by molar-refractivity contribution is 0.873. The Bertz CT molecular complexity index is 1470. The summed E-state index contributed by atoms with van der Waals surface area (Å²) in [6.07, 6.45) is 8.75. The van der Waals surface area contributed by atoms with E-state index in [1.165, 1.54) is 17.6 Å². The van der Waals surface area contributed by atoms with Crippen LogP contribution in [0.5, 0.6) is 0 Å². The SMILES string of the molecule is Cn1c(C2=CC=CC3CC23)nc2c(NCCc3ccccc3)nc(C#Cc3ccccc3)nc21. The van der Waals surface area contributed by atoms with Gasteiger partial charge in [-0.25, -0.2) is 15.0 Å². The van der Waals surface area contributed by atoms with E-state index in [-0.39, 0.29) is 0 Å². The Morgan fingerprint density at radius 3 is 2.59 bits per heavy atom. The molecular formula is C29H25N5. The third-order valence-corrected chi connectivity index (χ3v) is 6.49. The van der Waals surface area contributed by atoms with Crippen molar-refractivity contribution in [3.05, 3.63) is 102 Å². The van der Waals surface area contributed by atoms with Crippen molar-refractivity contribution < 1.29 is 0 Å². The largest absolute Gasteiger partial charge is 0.368 e. The van der Waals surface area contributed by atoms with Crippen LogP contribution in [0.1, 0.15) is 29.2 Å². The molecule has 0 saturated heterocycles. The van der Waals surface area contributed by atoms with Gasteiger partial charge < -0.3 is 9.88 Å². The number of rotatable bonds is 5. The van der Waals surface area contributed by atoms with Gasteiger partial charge in [-0.3, -0.25) is 0 Å². The molecule has 2 aromatic carbocycles. The van der Waals surface area contributed by atoms with Crippen molar-refractivity contribution in [3.8, 4) is 11.8 Å². The summed E-state index contributed by atoms with van der Waals surface area (Å²) in [6, 6.07) is 20.4. The second-order valence-corrected chi connectivity index (χ2v) is 8.85. The number of hydrogen-bond acceptors (Lipinski definition) is 4. The molecule has 0 aliphatic heterocycles. The number of hydrogen-bond donors (Lipinski definition) is 1. The Hall–Kier alpha value is -4.17. The number of nitrogens with zero attached hydrogens (tertiary/aromatic N) is 4. The maximum absolute atomic E-state index is 5.02. The first-order valence-corrected chi connectivity index (χ1v) is 11.7. The highest BCUT2D eigenvalue weighted by molar-refractivity contribution is 5.87. The van der Waals surface area contributed by atoms with Gasteiger partial charge in [0, 0.05) is 19.2 Å². The molecule has 6 rings (SSSR count). The van der Waals surface area contributed by atoms with Gasteiger partial charge in [-0.2, -0.15) is 0 Å². The zero-order valence-electron chi connectivity index (χ0n) is 19.1. The number of imidazole rings is 1. The number of aromatic nitrogens is 4. The molecule has 1 fully saturated rings. The average Bonchev–Trinajstić information content (AvgIpc) is 3.61. The maximum Gasteiger partial charge on any atom is 0.209 e. The number of nitrogens with one attached hydrogen (secondary N) is 1. The number of benzene rings is 2. The van der Waals surface area contributed by atoms with Crippen molar-refractivity contribution in [2.24, 2.45) is 18.9 Å². The molecule has 166 valence electrons. The van der Waals surface area contributed by atoms with Crippen molar-refractivity contribution >= 4 is 22.6 Å². The molecule has 2 unspecified atom stereocenters. The van der Waals surface area contributed by atoms with Gasteiger partial charge in [-0.15, -0.1) is 0 Å². The number of aryl methyl sites for hydroxylation is 1. The first-order chi connectivity index (χ1) is 16.8. The van der Waals surface area contributed by atoms with Gasteiger partial charge >= 0.3 is 0 Å². The summed E-state index contributed by atoms with van der Waals surface area (Å²) in [5.74, 6) is 9.77. The number of anilines is 1. The molecular weight excluding hydrogens is 418 g/mol. The highest BCUT2D eigenvalue weighted by atomic mass is 15.2. The van der Waals surface area contributed by atoms with E-state index in [9.17, 15) is 0 Å². The average molecular weight is 444 g/mol. The molecule has 5 nitrogen and oxygen atoms in total. The topological polar surface area (TPSA) is 55.6 Å². The summed E-state index contributed by atoms with van der Waals surface area (Å²) in [7, 11) is 2.04. The lowest BCUT2D eigenvalue weighted by Crippen LogP contribution is -2.08. The molecule has 2 aliphatic carbocycles. The van der Waals surface area contributed by atoms with Crippen LogP contribution < -0.4 is 5.32 Å². The van der Waals surface area contributed by atoms with Crippen LogP contribution in [0.3, 0.4) is 0 Å². The molecule has 4 aromatic rings. The molecule has 0 radical (unpaired) electrons. The molecule has 2 aromatic heterocycles. The lowest BCUT2D eigenvalue weighted by atomic mass is 10.0. The standard InChI is InChI=1S/C29H25N5/c1-34-28(23-14-8-13-22-19-24(22)23)33-26-27(30-18-17-21-11-6-3-7-12-21)31-25(32-29(26)34)16-15-20-9-4-2-5-10-20/h2-14,22,24H,17-19H2,1H3,(H,30,31,32). The summed E-state index contributed by atoms with van der Waals surface area (Å²) in [5, 5.41) is 3.51. The Morgan fingerprint density at radius 2 is 1.76 bits per heavy atom. The monoisotopic (exact) mass is 443 g/mol. The molecule has 2 heterocycles. The van der Waals surface area contributed by atoms with Crippen LogP contribution in [0, 0.1) is 23.7 Å². The van der Waals surface area contributed by atoms with E-state index in [1.54, 1.807) is 0 Å². The van der Waals surface area contributed by atoms with E-state index in [0.717, 1.165) is 41.3 Å². The quantitative estimate of drug-likeness (QED) is 0.441. The van der Waals surface area contributed by atoms with Gasteiger partial charge in [0.2, 0.25) is 5.82 Å². The Morgan fingerprint density at radius 1 is 0.971 bits per heavy atom. The highest BCUT2D eigenvalue weighted by Gasteiger charge is 2.41. The fraction of sp³-hybridized carbons (Fsp3) is 0.207. The van der Waals surface area contributed by atoms with Crippen molar-refractivity contribution in [2.75, 3.05) is 11.9 Å². The van der Waals surface area contributed by atoms with E-state index in [0.29, 0.717) is 17.7 Å². The molecule has 1 saturated carbocycles. The van der Waals surface area contributed by atoms with Gasteiger partial charge in [-0.1, -0.05) is 72.7 Å². The molecule has 5 heteroatoms. The van der Waals surface area contributed by atoms with Crippen molar-refractivity contribution in [1.29, 1.82) is 0 Å². The summed E-state index contributed by atoms with van der Waals surface area (Å²) in [6.45, 7) is 0.754. The van der Waals surface area contributed by atoms with Crippen LogP contribution in [0.15, 0.2) is 78.9 Å². The Labute approximate surface area is 199 Å². The fourth-order valence-corrected chi connectivity index (χ4v) is 4.57. The van der Waals surface area contributed by atoms with Gasteiger partial charge in [-0.05, 0) is 53.9 Å². The molecule has 1 N–H and O–H groups in total. The second kappa shape index (κ2) is 8.64. The van der Waals surface area contributed by atoms with Gasteiger partial charge in [0.15, 0.2) is 17.0 Å². The molecule has 34 heavy (non-hydrogen) atoms. The summed E-state index contributed by atoms with van der Waals surface area (Å²) < 4.78 is 2.09. The number of fused-ring (bicyclic) bond motifs is 2. The van der Waals surface area contributed by atoms with Crippen LogP contribution in [-0.2, 0) is 13.5 Å². The van der Waals surface area contributed by atoms with Crippen LogP contribution in [0.4, 0.5) is 5.82 Å². The van der Waals surface area contributed by atoms with Gasteiger partial charge in [0.05, 0.1) is 0 Å². The predicted octanol–water partition coefficient (Wildman–Crippen LogP) is 5.01. The van der Waals surface area contributed by atoms with Gasteiger partial charge in [0.25, 0.3) is 0 Å². The third kappa shape index (κ3) is 3.99. The van der Waals surface area contributed by atoms with E-state index >= 15 is 0 Å². The summed E-state index contributed by atoms with van der Waals surface area (Å²) in [5.41, 5.74) is 5.11. The molecule has 0 amide bonds. The van der Waals surface area contributed by atoms with E-state index < -0.39 is 0 Å². The zero-order valence-corrected chi connectivity index (χ0v) is 19.1. The smallest absolute Gasteiger partial charge is 0.209 e. The minimum absolute atomic E-state index is 0.495. The van der Waals surface area contributed by atoms with Crippen molar-refractivity contribution in [1.82, 2.24) is 19.5 Å². The first-order valence-electron chi connectivity index (χ1n) is 11.7. The maximum atomic E-state index is 5.02.